The van der Waals surface area contributed by atoms with Gasteiger partial charge in [-0.1, -0.05) is 0 Å². The molecule has 0 aliphatic heterocycles. The first-order chi connectivity index (χ1) is 5.77. The maximum absolute atomic E-state index is 10.4. The fourth-order valence-corrected chi connectivity index (χ4v) is 1.02. The molecular formula is C9H11NO2. The fourth-order valence-electron chi connectivity index (χ4n) is 1.02. The highest BCUT2D eigenvalue weighted by Gasteiger charge is 2.13. The van der Waals surface area contributed by atoms with E-state index in [0.717, 1.165) is 0 Å². The van der Waals surface area contributed by atoms with Gasteiger partial charge in [0.1, 0.15) is 12.0 Å². The molecule has 0 aromatic rings. The predicted molar refractivity (Wildman–Crippen MR) is 46.0 cm³/mol. The van der Waals surface area contributed by atoms with Gasteiger partial charge in [-0.25, -0.2) is 4.79 Å². The molecule has 0 spiro atoms. The van der Waals surface area contributed by atoms with Crippen LogP contribution in [-0.4, -0.2) is 18.7 Å². The second-order valence-corrected chi connectivity index (χ2v) is 2.44. The van der Waals surface area contributed by atoms with Crippen LogP contribution in [0.1, 0.15) is 6.92 Å². The van der Waals surface area contributed by atoms with Crippen molar-refractivity contribution < 1.29 is 9.53 Å². The number of carbonyl (C=O) groups excluding carboxylic acids is 1. The van der Waals surface area contributed by atoms with Crippen LogP contribution in [0.4, 0.5) is 0 Å². The Balaban J connectivity index is 2.81. The van der Waals surface area contributed by atoms with Gasteiger partial charge in [0.25, 0.3) is 0 Å². The monoisotopic (exact) mass is 165 g/mol. The van der Waals surface area contributed by atoms with E-state index >= 15 is 0 Å². The molecule has 1 rings (SSSR count). The highest BCUT2D eigenvalue weighted by atomic mass is 16.5. The predicted octanol–water partition coefficient (Wildman–Crippen LogP) is 0.562. The van der Waals surface area contributed by atoms with Crippen molar-refractivity contribution in [2.75, 3.05) is 6.61 Å². The number of hydrogen-bond donors (Lipinski definition) is 1. The van der Waals surface area contributed by atoms with Gasteiger partial charge in [-0.05, 0) is 25.2 Å². The smallest absolute Gasteiger partial charge is 0.131 e. The molecule has 0 amide bonds. The van der Waals surface area contributed by atoms with Gasteiger partial charge < -0.3 is 10.5 Å². The molecule has 1 aliphatic rings. The molecule has 0 saturated carbocycles. The topological polar surface area (TPSA) is 52.3 Å². The summed E-state index contributed by atoms with van der Waals surface area (Å²) in [6.07, 6.45) is 4.77. The first-order valence-corrected chi connectivity index (χ1v) is 3.80. The van der Waals surface area contributed by atoms with E-state index in [0.29, 0.717) is 17.9 Å². The van der Waals surface area contributed by atoms with Crippen molar-refractivity contribution in [2.45, 2.75) is 13.0 Å². The van der Waals surface area contributed by atoms with Crippen molar-refractivity contribution in [3.05, 3.63) is 29.5 Å². The fraction of sp³-hybridized carbons (Fsp3) is 0.333. The molecule has 3 heteroatoms. The van der Waals surface area contributed by atoms with Crippen LogP contribution in [-0.2, 0) is 9.53 Å². The molecule has 0 aromatic heterocycles. The van der Waals surface area contributed by atoms with Gasteiger partial charge in [0.05, 0.1) is 5.57 Å². The first kappa shape index (κ1) is 8.78. The van der Waals surface area contributed by atoms with Crippen LogP contribution in [0.5, 0.6) is 0 Å². The second-order valence-electron chi connectivity index (χ2n) is 2.44. The average Bonchev–Trinajstić information content (AvgIpc) is 2.08. The summed E-state index contributed by atoms with van der Waals surface area (Å²) in [6, 6.07) is 0. The van der Waals surface area contributed by atoms with E-state index in [9.17, 15) is 4.79 Å². The average molecular weight is 165 g/mol. The highest BCUT2D eigenvalue weighted by molar-refractivity contribution is 5.62. The van der Waals surface area contributed by atoms with Crippen molar-refractivity contribution >= 4 is 5.94 Å². The van der Waals surface area contributed by atoms with Crippen LogP contribution in [0, 0.1) is 0 Å². The van der Waals surface area contributed by atoms with Crippen LogP contribution in [0.3, 0.4) is 0 Å². The van der Waals surface area contributed by atoms with E-state index in [1.54, 1.807) is 24.2 Å². The van der Waals surface area contributed by atoms with E-state index < -0.39 is 0 Å². The first-order valence-electron chi connectivity index (χ1n) is 3.80. The molecule has 1 aliphatic carbocycles. The lowest BCUT2D eigenvalue weighted by Gasteiger charge is -2.14. The molecule has 64 valence electrons. The summed E-state index contributed by atoms with van der Waals surface area (Å²) in [4.78, 5) is 10.4. The molecule has 0 fully saturated rings. The van der Waals surface area contributed by atoms with Crippen LogP contribution in [0.25, 0.3) is 0 Å². The molecule has 3 nitrogen and oxygen atoms in total. The Morgan fingerprint density at radius 2 is 2.50 bits per heavy atom. The number of rotatable bonds is 2. The molecule has 0 saturated heterocycles. The summed E-state index contributed by atoms with van der Waals surface area (Å²) in [6.45, 7) is 2.44. The van der Waals surface area contributed by atoms with E-state index in [1.165, 1.54) is 0 Å². The minimum atomic E-state index is -0.278. The third-order valence-corrected chi connectivity index (χ3v) is 1.56. The summed E-state index contributed by atoms with van der Waals surface area (Å²) in [5.74, 6) is 1.80. The molecule has 1 atom stereocenters. The lowest BCUT2D eigenvalue weighted by Crippen LogP contribution is -2.16. The zero-order valence-electron chi connectivity index (χ0n) is 6.91. The second kappa shape index (κ2) is 3.90. The van der Waals surface area contributed by atoms with Gasteiger partial charge in [0, 0.05) is 12.3 Å². The number of allylic oxidation sites excluding steroid dienone is 1. The van der Waals surface area contributed by atoms with Gasteiger partial charge >= 0.3 is 0 Å². The lowest BCUT2D eigenvalue weighted by atomic mass is 10.0. The van der Waals surface area contributed by atoms with Crippen molar-refractivity contribution in [1.82, 2.24) is 0 Å². The van der Waals surface area contributed by atoms with Gasteiger partial charge in [-0.2, -0.15) is 0 Å². The Morgan fingerprint density at radius 3 is 3.08 bits per heavy atom. The van der Waals surface area contributed by atoms with Crippen LogP contribution in [0.2, 0.25) is 0 Å². The molecule has 12 heavy (non-hydrogen) atoms. The van der Waals surface area contributed by atoms with Crippen LogP contribution >= 0.6 is 0 Å². The van der Waals surface area contributed by atoms with Crippen molar-refractivity contribution in [3.63, 3.8) is 0 Å². The zero-order valence-corrected chi connectivity index (χ0v) is 6.91. The maximum Gasteiger partial charge on any atom is 0.131 e. The lowest BCUT2D eigenvalue weighted by molar-refractivity contribution is 0.123. The SMILES string of the molecule is CCOC1C=CC(N)=CC1=C=O. The molecule has 0 aromatic carbocycles. The number of nitrogens with two attached hydrogens (primary N) is 1. The van der Waals surface area contributed by atoms with Gasteiger partial charge in [0.15, 0.2) is 0 Å². The van der Waals surface area contributed by atoms with E-state index in [1.807, 2.05) is 6.92 Å². The molecule has 2 N–H and O–H groups in total. The molecule has 0 bridgehead atoms. The summed E-state index contributed by atoms with van der Waals surface area (Å²) >= 11 is 0. The quantitative estimate of drug-likeness (QED) is 0.608. The minimum absolute atomic E-state index is 0.278. The van der Waals surface area contributed by atoms with Gasteiger partial charge in [-0.15, -0.1) is 0 Å². The van der Waals surface area contributed by atoms with Crippen LogP contribution < -0.4 is 5.73 Å². The Labute approximate surface area is 71.2 Å². The van der Waals surface area contributed by atoms with E-state index in [4.69, 9.17) is 10.5 Å². The zero-order chi connectivity index (χ0) is 8.97. The molecule has 1 unspecified atom stereocenters. The standard InChI is InChI=1S/C9H11NO2/c1-2-12-9-4-3-8(10)5-7(9)6-11/h3-5,9H,2,10H2,1H3. The summed E-state index contributed by atoms with van der Waals surface area (Å²) in [7, 11) is 0. The number of ether oxygens (including phenoxy) is 1. The Morgan fingerprint density at radius 1 is 1.75 bits per heavy atom. The molecule has 0 heterocycles. The van der Waals surface area contributed by atoms with E-state index in [2.05, 4.69) is 0 Å². The third kappa shape index (κ3) is 1.84. The number of hydrogen-bond acceptors (Lipinski definition) is 3. The Hall–Kier alpha value is -1.31. The van der Waals surface area contributed by atoms with Gasteiger partial charge in [-0.3, -0.25) is 0 Å². The van der Waals surface area contributed by atoms with E-state index in [-0.39, 0.29) is 6.10 Å². The molecular weight excluding hydrogens is 154 g/mol. The summed E-state index contributed by atoms with van der Waals surface area (Å²) < 4.78 is 5.25. The Kier molecular flexibility index (Phi) is 2.86. The third-order valence-electron chi connectivity index (χ3n) is 1.56. The molecule has 0 radical (unpaired) electrons. The van der Waals surface area contributed by atoms with Crippen LogP contribution in [0.15, 0.2) is 29.5 Å². The Bertz CT molecular complexity index is 272. The maximum atomic E-state index is 10.4. The van der Waals surface area contributed by atoms with Crippen molar-refractivity contribution in [2.24, 2.45) is 5.73 Å². The summed E-state index contributed by atoms with van der Waals surface area (Å²) in [5.41, 5.74) is 6.49. The van der Waals surface area contributed by atoms with Crippen molar-refractivity contribution in [3.8, 4) is 0 Å². The van der Waals surface area contributed by atoms with Gasteiger partial charge in [0.2, 0.25) is 0 Å². The minimum Gasteiger partial charge on any atom is -0.399 e. The normalized spacial score (nSPS) is 21.9. The highest BCUT2D eigenvalue weighted by Crippen LogP contribution is 2.14. The summed E-state index contributed by atoms with van der Waals surface area (Å²) in [5, 5.41) is 0. The largest absolute Gasteiger partial charge is 0.399 e. The van der Waals surface area contributed by atoms with Crippen molar-refractivity contribution in [1.29, 1.82) is 0 Å².